The number of benzene rings is 3. The van der Waals surface area contributed by atoms with Crippen LogP contribution in [0, 0.1) is 0 Å². The topological polar surface area (TPSA) is 80.2 Å². The first kappa shape index (κ1) is 20.2. The lowest BCUT2D eigenvalue weighted by Crippen LogP contribution is -2.18. The molecule has 0 spiro atoms. The largest absolute Gasteiger partial charge is 0.504 e. The van der Waals surface area contributed by atoms with Crippen LogP contribution in [0.2, 0.25) is 5.02 Å². The number of para-hydroxylation sites is 2. The number of hydrogen-bond acceptors (Lipinski definition) is 5. The van der Waals surface area contributed by atoms with Gasteiger partial charge in [0.15, 0.2) is 11.5 Å². The van der Waals surface area contributed by atoms with Crippen LogP contribution in [0.15, 0.2) is 71.8 Å². The van der Waals surface area contributed by atoms with Crippen LogP contribution in [0.4, 0.5) is 0 Å². The first-order valence-electron chi connectivity index (χ1n) is 8.74. The second-order valence-corrected chi connectivity index (χ2v) is 6.44. The van der Waals surface area contributed by atoms with E-state index < -0.39 is 5.91 Å². The number of rotatable bonds is 7. The molecule has 3 aromatic carbocycles. The van der Waals surface area contributed by atoms with Crippen LogP contribution in [-0.4, -0.2) is 24.3 Å². The van der Waals surface area contributed by atoms with Gasteiger partial charge in [-0.3, -0.25) is 4.79 Å². The summed E-state index contributed by atoms with van der Waals surface area (Å²) in [5.74, 6) is 0.260. The molecule has 7 heteroatoms. The molecular formula is C22H19ClN2O4. The lowest BCUT2D eigenvalue weighted by atomic mass is 10.2. The molecule has 0 heterocycles. The number of carbonyl (C=O) groups excluding carboxylic acids is 1. The van der Waals surface area contributed by atoms with E-state index in [1.54, 1.807) is 54.6 Å². The summed E-state index contributed by atoms with van der Waals surface area (Å²) in [6, 6.07) is 19.1. The molecular weight excluding hydrogens is 392 g/mol. The van der Waals surface area contributed by atoms with E-state index in [0.717, 1.165) is 5.56 Å². The Labute approximate surface area is 173 Å². The normalized spacial score (nSPS) is 10.7. The third kappa shape index (κ3) is 5.27. The van der Waals surface area contributed by atoms with Crippen LogP contribution in [0.3, 0.4) is 0 Å². The average molecular weight is 411 g/mol. The molecule has 0 saturated carbocycles. The number of aromatic hydroxyl groups is 1. The SMILES string of the molecule is COc1cccc(/C=N/NC(=O)c2ccccc2OCc2ccc(Cl)cc2)c1O. The molecule has 0 aliphatic heterocycles. The fourth-order valence-electron chi connectivity index (χ4n) is 2.55. The van der Waals surface area contributed by atoms with Crippen molar-refractivity contribution < 1.29 is 19.4 Å². The zero-order valence-corrected chi connectivity index (χ0v) is 16.4. The molecule has 3 rings (SSSR count). The summed E-state index contributed by atoms with van der Waals surface area (Å²) in [6.45, 7) is 0.294. The average Bonchev–Trinajstić information content (AvgIpc) is 2.74. The van der Waals surface area contributed by atoms with Gasteiger partial charge in [-0.25, -0.2) is 5.43 Å². The van der Waals surface area contributed by atoms with Crippen molar-refractivity contribution in [2.75, 3.05) is 7.11 Å². The number of hydrogen-bond donors (Lipinski definition) is 2. The van der Waals surface area contributed by atoms with Gasteiger partial charge in [-0.1, -0.05) is 41.9 Å². The van der Waals surface area contributed by atoms with Gasteiger partial charge in [0.1, 0.15) is 12.4 Å². The Morgan fingerprint density at radius 2 is 1.79 bits per heavy atom. The molecule has 0 fully saturated rings. The summed E-state index contributed by atoms with van der Waals surface area (Å²) in [5, 5.41) is 14.6. The number of hydrazone groups is 1. The zero-order valence-electron chi connectivity index (χ0n) is 15.6. The summed E-state index contributed by atoms with van der Waals surface area (Å²) in [4.78, 5) is 12.5. The maximum atomic E-state index is 12.5. The Morgan fingerprint density at radius 1 is 1.07 bits per heavy atom. The third-order valence-electron chi connectivity index (χ3n) is 4.06. The van der Waals surface area contributed by atoms with Gasteiger partial charge in [-0.15, -0.1) is 0 Å². The molecule has 29 heavy (non-hydrogen) atoms. The Morgan fingerprint density at radius 3 is 2.55 bits per heavy atom. The predicted octanol–water partition coefficient (Wildman–Crippen LogP) is 4.40. The van der Waals surface area contributed by atoms with Gasteiger partial charge in [-0.2, -0.15) is 5.10 Å². The third-order valence-corrected chi connectivity index (χ3v) is 4.31. The highest BCUT2D eigenvalue weighted by Crippen LogP contribution is 2.28. The van der Waals surface area contributed by atoms with Crippen LogP contribution >= 0.6 is 11.6 Å². The van der Waals surface area contributed by atoms with E-state index in [9.17, 15) is 9.90 Å². The quantitative estimate of drug-likeness (QED) is 0.447. The minimum atomic E-state index is -0.435. The lowest BCUT2D eigenvalue weighted by molar-refractivity contribution is 0.0950. The van der Waals surface area contributed by atoms with E-state index in [1.165, 1.54) is 13.3 Å². The highest BCUT2D eigenvalue weighted by molar-refractivity contribution is 6.30. The van der Waals surface area contributed by atoms with E-state index in [4.69, 9.17) is 21.1 Å². The summed E-state index contributed by atoms with van der Waals surface area (Å²) in [5.41, 5.74) is 4.12. The van der Waals surface area contributed by atoms with Crippen molar-refractivity contribution >= 4 is 23.7 Å². The van der Waals surface area contributed by atoms with Crippen LogP contribution in [0.1, 0.15) is 21.5 Å². The molecule has 0 atom stereocenters. The Hall–Kier alpha value is -3.51. The van der Waals surface area contributed by atoms with E-state index in [-0.39, 0.29) is 5.75 Å². The standard InChI is InChI=1S/C22H19ClN2O4/c1-28-20-8-4-5-16(21(20)26)13-24-25-22(27)18-6-2-3-7-19(18)29-14-15-9-11-17(23)12-10-15/h2-13,26H,14H2,1H3,(H,25,27)/b24-13+. The van der Waals surface area contributed by atoms with Crippen LogP contribution < -0.4 is 14.9 Å². The minimum Gasteiger partial charge on any atom is -0.504 e. The van der Waals surface area contributed by atoms with Gasteiger partial charge >= 0.3 is 0 Å². The number of phenolic OH excluding ortho intramolecular Hbond substituents is 1. The molecule has 0 aromatic heterocycles. The molecule has 0 aliphatic carbocycles. The van der Waals surface area contributed by atoms with Crippen molar-refractivity contribution in [3.8, 4) is 17.2 Å². The Balaban J connectivity index is 1.67. The van der Waals surface area contributed by atoms with Gasteiger partial charge in [0, 0.05) is 10.6 Å². The van der Waals surface area contributed by atoms with Crippen LogP contribution in [0.25, 0.3) is 0 Å². The molecule has 148 valence electrons. The number of nitrogens with zero attached hydrogens (tertiary/aromatic N) is 1. The molecule has 0 bridgehead atoms. The maximum Gasteiger partial charge on any atom is 0.275 e. The summed E-state index contributed by atoms with van der Waals surface area (Å²) >= 11 is 5.89. The molecule has 2 N–H and O–H groups in total. The predicted molar refractivity (Wildman–Crippen MR) is 112 cm³/mol. The van der Waals surface area contributed by atoms with Crippen molar-refractivity contribution in [2.45, 2.75) is 6.61 Å². The van der Waals surface area contributed by atoms with Crippen molar-refractivity contribution in [1.29, 1.82) is 0 Å². The molecule has 1 amide bonds. The first-order chi connectivity index (χ1) is 14.1. The smallest absolute Gasteiger partial charge is 0.275 e. The van der Waals surface area contributed by atoms with Crippen molar-refractivity contribution in [3.63, 3.8) is 0 Å². The Kier molecular flexibility index (Phi) is 6.71. The first-order valence-corrected chi connectivity index (χ1v) is 9.12. The number of amides is 1. The summed E-state index contributed by atoms with van der Waals surface area (Å²) < 4.78 is 10.8. The molecule has 0 radical (unpaired) electrons. The number of phenols is 1. The molecule has 0 aliphatic rings. The van der Waals surface area contributed by atoms with Gasteiger partial charge in [-0.05, 0) is 42.0 Å². The highest BCUT2D eigenvalue weighted by Gasteiger charge is 2.12. The molecule has 0 saturated heterocycles. The lowest BCUT2D eigenvalue weighted by Gasteiger charge is -2.10. The minimum absolute atomic E-state index is 0.0558. The van der Waals surface area contributed by atoms with Crippen molar-refractivity contribution in [2.24, 2.45) is 5.10 Å². The second-order valence-electron chi connectivity index (χ2n) is 6.01. The zero-order chi connectivity index (χ0) is 20.6. The van der Waals surface area contributed by atoms with Crippen LogP contribution in [0.5, 0.6) is 17.2 Å². The number of ether oxygens (including phenoxy) is 2. The van der Waals surface area contributed by atoms with Gasteiger partial charge in [0.2, 0.25) is 0 Å². The van der Waals surface area contributed by atoms with Gasteiger partial charge in [0.05, 0.1) is 18.9 Å². The second kappa shape index (κ2) is 9.61. The monoisotopic (exact) mass is 410 g/mol. The number of methoxy groups -OCH3 is 1. The van der Waals surface area contributed by atoms with Crippen molar-refractivity contribution in [3.05, 3.63) is 88.4 Å². The molecule has 3 aromatic rings. The summed E-state index contributed by atoms with van der Waals surface area (Å²) in [7, 11) is 1.46. The fraction of sp³-hybridized carbons (Fsp3) is 0.0909. The fourth-order valence-corrected chi connectivity index (χ4v) is 2.68. The molecule has 6 nitrogen and oxygen atoms in total. The van der Waals surface area contributed by atoms with E-state index in [0.29, 0.717) is 34.3 Å². The van der Waals surface area contributed by atoms with E-state index in [1.807, 2.05) is 12.1 Å². The highest BCUT2D eigenvalue weighted by atomic mass is 35.5. The maximum absolute atomic E-state index is 12.5. The Bertz CT molecular complexity index is 1020. The van der Waals surface area contributed by atoms with Crippen LogP contribution in [-0.2, 0) is 6.61 Å². The van der Waals surface area contributed by atoms with E-state index in [2.05, 4.69) is 10.5 Å². The number of carbonyl (C=O) groups is 1. The van der Waals surface area contributed by atoms with Gasteiger partial charge in [0.25, 0.3) is 5.91 Å². The summed E-state index contributed by atoms with van der Waals surface area (Å²) in [6.07, 6.45) is 1.34. The van der Waals surface area contributed by atoms with Gasteiger partial charge < -0.3 is 14.6 Å². The molecule has 0 unspecified atom stereocenters. The van der Waals surface area contributed by atoms with Crippen molar-refractivity contribution in [1.82, 2.24) is 5.43 Å². The van der Waals surface area contributed by atoms with E-state index >= 15 is 0 Å². The number of halogens is 1. The number of nitrogens with one attached hydrogen (secondary N) is 1.